The summed E-state index contributed by atoms with van der Waals surface area (Å²) in [5.41, 5.74) is 12.2. The number of nitrogens with two attached hydrogens (primary N) is 2. The van der Waals surface area contributed by atoms with E-state index in [1.54, 1.807) is 11.8 Å². The van der Waals surface area contributed by atoms with E-state index < -0.39 is 36.6 Å². The first-order chi connectivity index (χ1) is 12.9. The number of carbonyl (C=O) groups is 1. The summed E-state index contributed by atoms with van der Waals surface area (Å²) in [6.45, 7) is -0.232. The monoisotopic (exact) mass is 398 g/mol. The van der Waals surface area contributed by atoms with Crippen molar-refractivity contribution in [1.29, 1.82) is 0 Å². The Morgan fingerprint density at radius 1 is 1.41 bits per heavy atom. The van der Waals surface area contributed by atoms with E-state index in [2.05, 4.69) is 15.0 Å². The quantitative estimate of drug-likeness (QED) is 0.406. The molecule has 11 nitrogen and oxygen atoms in total. The van der Waals surface area contributed by atoms with Crippen LogP contribution >= 0.6 is 11.8 Å². The molecule has 0 spiro atoms. The Morgan fingerprint density at radius 2 is 2.19 bits per heavy atom. The molecule has 0 saturated carbocycles. The molecule has 1 aliphatic heterocycles. The number of esters is 1. The summed E-state index contributed by atoms with van der Waals surface area (Å²) in [5.74, 6) is 0.348. The molecule has 0 aliphatic carbocycles. The lowest BCUT2D eigenvalue weighted by molar-refractivity contribution is -0.151. The van der Waals surface area contributed by atoms with Crippen molar-refractivity contribution < 1.29 is 24.5 Å². The van der Waals surface area contributed by atoms with Gasteiger partial charge in [0.2, 0.25) is 0 Å². The highest BCUT2D eigenvalue weighted by molar-refractivity contribution is 7.98. The zero-order valence-corrected chi connectivity index (χ0v) is 15.5. The number of imidazole rings is 1. The second-order valence-electron chi connectivity index (χ2n) is 6.15. The summed E-state index contributed by atoms with van der Waals surface area (Å²) >= 11 is 1.58. The Balaban J connectivity index is 1.67. The van der Waals surface area contributed by atoms with E-state index in [0.29, 0.717) is 17.6 Å². The van der Waals surface area contributed by atoms with Gasteiger partial charge in [-0.15, -0.1) is 0 Å². The van der Waals surface area contributed by atoms with Gasteiger partial charge in [0.25, 0.3) is 0 Å². The van der Waals surface area contributed by atoms with Gasteiger partial charge in [0, 0.05) is 0 Å². The Bertz CT molecular complexity index is 804. The number of fused-ring (bicyclic) bond motifs is 1. The number of aliphatic hydroxyl groups excluding tert-OH is 2. The number of hydrogen-bond acceptors (Lipinski definition) is 11. The number of anilines is 1. The molecule has 0 bridgehead atoms. The van der Waals surface area contributed by atoms with Crippen LogP contribution in [0.1, 0.15) is 12.6 Å². The van der Waals surface area contributed by atoms with Crippen LogP contribution in [0.15, 0.2) is 12.7 Å². The second-order valence-corrected chi connectivity index (χ2v) is 7.13. The summed E-state index contributed by atoms with van der Waals surface area (Å²) in [7, 11) is 0. The molecule has 0 aromatic carbocycles. The van der Waals surface area contributed by atoms with Gasteiger partial charge in [-0.3, -0.25) is 9.36 Å². The van der Waals surface area contributed by atoms with Gasteiger partial charge in [-0.2, -0.15) is 11.8 Å². The fraction of sp³-hybridized carbons (Fsp3) is 0.600. The molecular weight excluding hydrogens is 376 g/mol. The van der Waals surface area contributed by atoms with E-state index in [9.17, 15) is 15.0 Å². The molecule has 1 saturated heterocycles. The van der Waals surface area contributed by atoms with Crippen molar-refractivity contribution in [2.75, 3.05) is 24.3 Å². The van der Waals surface area contributed by atoms with Crippen molar-refractivity contribution in [3.8, 4) is 0 Å². The molecular formula is C15H22N6O5S. The maximum absolute atomic E-state index is 11.9. The average Bonchev–Trinajstić information content (AvgIpc) is 3.21. The lowest BCUT2D eigenvalue weighted by Gasteiger charge is -2.17. The van der Waals surface area contributed by atoms with Gasteiger partial charge in [-0.1, -0.05) is 0 Å². The van der Waals surface area contributed by atoms with Crippen LogP contribution in [0.4, 0.5) is 5.82 Å². The average molecular weight is 398 g/mol. The molecule has 0 radical (unpaired) electrons. The van der Waals surface area contributed by atoms with Crippen LogP contribution in [-0.2, 0) is 14.3 Å². The number of hydrogen-bond donors (Lipinski definition) is 4. The fourth-order valence-electron chi connectivity index (χ4n) is 2.79. The number of nitrogen functional groups attached to an aromatic ring is 1. The first kappa shape index (κ1) is 19.8. The van der Waals surface area contributed by atoms with E-state index in [0.717, 1.165) is 5.75 Å². The topological polar surface area (TPSA) is 172 Å². The molecule has 6 N–H and O–H groups in total. The molecule has 5 atom stereocenters. The van der Waals surface area contributed by atoms with Gasteiger partial charge >= 0.3 is 5.97 Å². The number of nitrogens with zero attached hydrogens (tertiary/aromatic N) is 4. The summed E-state index contributed by atoms with van der Waals surface area (Å²) in [5, 5.41) is 20.6. The van der Waals surface area contributed by atoms with E-state index in [1.165, 1.54) is 17.2 Å². The van der Waals surface area contributed by atoms with Gasteiger partial charge in [0.1, 0.15) is 42.8 Å². The SMILES string of the molecule is CSCC[C@H](N)C(=O)OC[C@H]1O[C@@H](n2cnc3c(N)ncnc32)[C@H](O)[C@@H]1O. The predicted octanol–water partition coefficient (Wildman–Crippen LogP) is -1.35. The maximum Gasteiger partial charge on any atom is 0.323 e. The summed E-state index contributed by atoms with van der Waals surface area (Å²) in [6, 6.07) is -0.742. The van der Waals surface area contributed by atoms with Crippen molar-refractivity contribution in [2.45, 2.75) is 37.0 Å². The van der Waals surface area contributed by atoms with Gasteiger partial charge in [0.05, 0.1) is 6.33 Å². The first-order valence-electron chi connectivity index (χ1n) is 8.29. The van der Waals surface area contributed by atoms with Crippen molar-refractivity contribution in [3.63, 3.8) is 0 Å². The van der Waals surface area contributed by atoms with Crippen LogP contribution in [0.5, 0.6) is 0 Å². The minimum absolute atomic E-state index is 0.191. The van der Waals surface area contributed by atoms with Crippen LogP contribution in [0.25, 0.3) is 11.2 Å². The normalized spacial score (nSPS) is 26.4. The van der Waals surface area contributed by atoms with Crippen molar-refractivity contribution in [2.24, 2.45) is 5.73 Å². The van der Waals surface area contributed by atoms with Crippen molar-refractivity contribution >= 4 is 34.7 Å². The molecule has 12 heteroatoms. The molecule has 1 fully saturated rings. The minimum atomic E-state index is -1.27. The third-order valence-electron chi connectivity index (χ3n) is 4.32. The van der Waals surface area contributed by atoms with E-state index in [1.807, 2.05) is 6.26 Å². The molecule has 0 amide bonds. The summed E-state index contributed by atoms with van der Waals surface area (Å²) < 4.78 is 12.3. The van der Waals surface area contributed by atoms with Crippen molar-refractivity contribution in [1.82, 2.24) is 19.5 Å². The van der Waals surface area contributed by atoms with Crippen LogP contribution in [-0.4, -0.2) is 78.7 Å². The number of aliphatic hydroxyl groups is 2. The zero-order chi connectivity index (χ0) is 19.6. The number of thioether (sulfide) groups is 1. The third-order valence-corrected chi connectivity index (χ3v) is 4.97. The summed E-state index contributed by atoms with van der Waals surface area (Å²) in [6.07, 6.45) is 0.648. The van der Waals surface area contributed by atoms with Gasteiger partial charge in [0.15, 0.2) is 17.7 Å². The lowest BCUT2D eigenvalue weighted by Crippen LogP contribution is -2.38. The van der Waals surface area contributed by atoms with Gasteiger partial charge < -0.3 is 31.2 Å². The first-order valence-corrected chi connectivity index (χ1v) is 9.69. The third kappa shape index (κ3) is 3.99. The zero-order valence-electron chi connectivity index (χ0n) is 14.6. The number of aromatic nitrogens is 4. The largest absolute Gasteiger partial charge is 0.462 e. The molecule has 27 heavy (non-hydrogen) atoms. The van der Waals surface area contributed by atoms with Gasteiger partial charge in [-0.25, -0.2) is 15.0 Å². The highest BCUT2D eigenvalue weighted by atomic mass is 32.2. The Kier molecular flexibility index (Phi) is 6.11. The molecule has 2 aromatic heterocycles. The predicted molar refractivity (Wildman–Crippen MR) is 97.6 cm³/mol. The molecule has 3 heterocycles. The van der Waals surface area contributed by atoms with Crippen molar-refractivity contribution in [3.05, 3.63) is 12.7 Å². The molecule has 3 rings (SSSR count). The van der Waals surface area contributed by atoms with E-state index in [4.69, 9.17) is 20.9 Å². The Hall–Kier alpha value is -1.99. The molecule has 1 aliphatic rings. The molecule has 148 valence electrons. The fourth-order valence-corrected chi connectivity index (χ4v) is 3.28. The number of rotatable bonds is 7. The van der Waals surface area contributed by atoms with Gasteiger partial charge in [-0.05, 0) is 18.4 Å². The van der Waals surface area contributed by atoms with Crippen LogP contribution in [0.3, 0.4) is 0 Å². The Labute approximate surface area is 159 Å². The summed E-state index contributed by atoms with van der Waals surface area (Å²) in [4.78, 5) is 24.0. The standard InChI is InChI=1S/C15H22N6O5S/c1-27-3-2-7(16)15(24)25-4-8-10(22)11(23)14(26-8)21-6-20-9-12(17)18-5-19-13(9)21/h5-8,10-11,14,22-23H,2-4,16H2,1H3,(H2,17,18,19)/t7-,8+,10+,11+,14+/m0/s1. The van der Waals surface area contributed by atoms with Crippen LogP contribution in [0.2, 0.25) is 0 Å². The maximum atomic E-state index is 11.9. The van der Waals surface area contributed by atoms with E-state index >= 15 is 0 Å². The highest BCUT2D eigenvalue weighted by Gasteiger charge is 2.45. The Morgan fingerprint density at radius 3 is 2.93 bits per heavy atom. The second kappa shape index (κ2) is 8.35. The molecule has 2 aromatic rings. The number of ether oxygens (including phenoxy) is 2. The van der Waals surface area contributed by atoms with E-state index in [-0.39, 0.29) is 12.4 Å². The number of carbonyl (C=O) groups excluding carboxylic acids is 1. The molecule has 0 unspecified atom stereocenters. The smallest absolute Gasteiger partial charge is 0.323 e. The minimum Gasteiger partial charge on any atom is -0.462 e. The highest BCUT2D eigenvalue weighted by Crippen LogP contribution is 2.32. The lowest BCUT2D eigenvalue weighted by atomic mass is 10.1. The van der Waals surface area contributed by atoms with Crippen LogP contribution in [0, 0.1) is 0 Å². The van der Waals surface area contributed by atoms with Crippen LogP contribution < -0.4 is 11.5 Å².